The van der Waals surface area contributed by atoms with Gasteiger partial charge in [-0.1, -0.05) is 12.1 Å². The van der Waals surface area contributed by atoms with Crippen molar-refractivity contribution in [3.63, 3.8) is 0 Å². The van der Waals surface area contributed by atoms with E-state index in [1.54, 1.807) is 24.3 Å². The van der Waals surface area contributed by atoms with E-state index in [1.807, 2.05) is 37.4 Å². The molecule has 0 radical (unpaired) electrons. The summed E-state index contributed by atoms with van der Waals surface area (Å²) in [6.07, 6.45) is 1.47. The number of benzene rings is 2. The summed E-state index contributed by atoms with van der Waals surface area (Å²) in [5.74, 6) is 1.27. The standard InChI is InChI=1S/C17H16N6OS/c1-18-25-15-7-3-5-13(9-15)22-17-10-16(19-11-20-17)21-12-4-2-6-14(8-12)23-24/h2-11,18H,1H3,(H2,19,20,21,22). The minimum atomic E-state index is 0.358. The lowest BCUT2D eigenvalue weighted by Gasteiger charge is -2.09. The third kappa shape index (κ3) is 4.75. The van der Waals surface area contributed by atoms with Crippen LogP contribution in [0.4, 0.5) is 28.7 Å². The Hall–Kier alpha value is -2.97. The Morgan fingerprint density at radius 1 is 0.920 bits per heavy atom. The van der Waals surface area contributed by atoms with E-state index in [-0.39, 0.29) is 0 Å². The highest BCUT2D eigenvalue weighted by Crippen LogP contribution is 2.24. The normalized spacial score (nSPS) is 10.3. The molecule has 0 saturated carbocycles. The zero-order valence-electron chi connectivity index (χ0n) is 13.4. The molecule has 2 aromatic carbocycles. The van der Waals surface area contributed by atoms with Gasteiger partial charge in [0.1, 0.15) is 23.7 Å². The lowest BCUT2D eigenvalue weighted by atomic mass is 10.3. The fraction of sp³-hybridized carbons (Fsp3) is 0.0588. The highest BCUT2D eigenvalue weighted by molar-refractivity contribution is 7.97. The summed E-state index contributed by atoms with van der Waals surface area (Å²) in [5, 5.41) is 9.31. The van der Waals surface area contributed by atoms with Gasteiger partial charge < -0.3 is 10.6 Å². The minimum Gasteiger partial charge on any atom is -0.340 e. The molecule has 0 amide bonds. The number of nitroso groups, excluding NO2 is 1. The second kappa shape index (κ2) is 8.22. The van der Waals surface area contributed by atoms with Gasteiger partial charge in [0, 0.05) is 22.3 Å². The van der Waals surface area contributed by atoms with Crippen molar-refractivity contribution < 1.29 is 0 Å². The SMILES string of the molecule is CNSc1cccc(Nc2cc(Nc3cccc(N=O)c3)ncn2)c1. The van der Waals surface area contributed by atoms with Gasteiger partial charge in [0.2, 0.25) is 0 Å². The fourth-order valence-electron chi connectivity index (χ4n) is 2.19. The van der Waals surface area contributed by atoms with E-state index in [1.165, 1.54) is 18.3 Å². The molecule has 1 heterocycles. The first kappa shape index (κ1) is 16.9. The van der Waals surface area contributed by atoms with Gasteiger partial charge in [0.25, 0.3) is 0 Å². The van der Waals surface area contributed by atoms with Crippen LogP contribution in [0, 0.1) is 4.91 Å². The zero-order chi connectivity index (χ0) is 17.5. The lowest BCUT2D eigenvalue weighted by Crippen LogP contribution is -1.99. The predicted octanol–water partition coefficient (Wildman–Crippen LogP) is 4.59. The van der Waals surface area contributed by atoms with Crippen molar-refractivity contribution in [2.24, 2.45) is 5.18 Å². The maximum Gasteiger partial charge on any atom is 0.135 e. The van der Waals surface area contributed by atoms with Gasteiger partial charge in [-0.3, -0.25) is 4.72 Å². The first-order chi connectivity index (χ1) is 12.3. The van der Waals surface area contributed by atoms with Crippen LogP contribution >= 0.6 is 11.9 Å². The monoisotopic (exact) mass is 352 g/mol. The molecule has 0 aliphatic heterocycles. The Bertz CT molecular complexity index is 873. The second-order valence-corrected chi connectivity index (χ2v) is 6.10. The van der Waals surface area contributed by atoms with E-state index in [0.29, 0.717) is 17.3 Å². The predicted molar refractivity (Wildman–Crippen MR) is 102 cm³/mol. The molecule has 0 atom stereocenters. The van der Waals surface area contributed by atoms with Gasteiger partial charge in [-0.15, -0.1) is 4.91 Å². The first-order valence-corrected chi connectivity index (χ1v) is 8.31. The van der Waals surface area contributed by atoms with Crippen molar-refractivity contribution in [2.45, 2.75) is 4.90 Å². The molecule has 3 N–H and O–H groups in total. The molecule has 126 valence electrons. The fourth-order valence-corrected chi connectivity index (χ4v) is 2.75. The Labute approximate surface area is 149 Å². The number of anilines is 4. The van der Waals surface area contributed by atoms with Crippen LogP contribution in [0.15, 0.2) is 71.0 Å². The molecule has 0 aliphatic carbocycles. The Morgan fingerprint density at radius 2 is 1.60 bits per heavy atom. The van der Waals surface area contributed by atoms with Crippen molar-refractivity contribution >= 4 is 40.6 Å². The summed E-state index contributed by atoms with van der Waals surface area (Å²) in [5.41, 5.74) is 2.02. The van der Waals surface area contributed by atoms with Crippen LogP contribution in [-0.4, -0.2) is 17.0 Å². The van der Waals surface area contributed by atoms with Gasteiger partial charge in [0.15, 0.2) is 0 Å². The van der Waals surface area contributed by atoms with Crippen LogP contribution in [0.25, 0.3) is 0 Å². The molecule has 0 fully saturated rings. The summed E-state index contributed by atoms with van der Waals surface area (Å²) in [4.78, 5) is 20.1. The van der Waals surface area contributed by atoms with E-state index in [2.05, 4.69) is 30.5 Å². The Kier molecular flexibility index (Phi) is 5.55. The summed E-state index contributed by atoms with van der Waals surface area (Å²) in [6, 6.07) is 16.7. The highest BCUT2D eigenvalue weighted by atomic mass is 32.2. The molecule has 0 spiro atoms. The highest BCUT2D eigenvalue weighted by Gasteiger charge is 2.03. The largest absolute Gasteiger partial charge is 0.340 e. The number of hydrogen-bond acceptors (Lipinski definition) is 8. The van der Waals surface area contributed by atoms with E-state index in [4.69, 9.17) is 0 Å². The summed E-state index contributed by atoms with van der Waals surface area (Å²) < 4.78 is 3.04. The van der Waals surface area contributed by atoms with Crippen LogP contribution < -0.4 is 15.4 Å². The molecular formula is C17H16N6OS. The van der Waals surface area contributed by atoms with Gasteiger partial charge in [0.05, 0.1) is 0 Å². The second-order valence-electron chi connectivity index (χ2n) is 5.01. The molecular weight excluding hydrogens is 336 g/mol. The van der Waals surface area contributed by atoms with E-state index < -0.39 is 0 Å². The average Bonchev–Trinajstić information content (AvgIpc) is 2.63. The molecule has 0 bridgehead atoms. The summed E-state index contributed by atoms with van der Waals surface area (Å²) >= 11 is 1.54. The van der Waals surface area contributed by atoms with Crippen LogP contribution in [0.5, 0.6) is 0 Å². The van der Waals surface area contributed by atoms with E-state index >= 15 is 0 Å². The van der Waals surface area contributed by atoms with Crippen LogP contribution in [0.2, 0.25) is 0 Å². The average molecular weight is 352 g/mol. The van der Waals surface area contributed by atoms with Crippen LogP contribution in [-0.2, 0) is 0 Å². The van der Waals surface area contributed by atoms with Gasteiger partial charge >= 0.3 is 0 Å². The van der Waals surface area contributed by atoms with Crippen molar-refractivity contribution in [3.05, 3.63) is 65.8 Å². The van der Waals surface area contributed by atoms with Crippen molar-refractivity contribution in [3.8, 4) is 0 Å². The number of aromatic nitrogens is 2. The Morgan fingerprint density at radius 3 is 2.28 bits per heavy atom. The summed E-state index contributed by atoms with van der Waals surface area (Å²) in [7, 11) is 1.88. The van der Waals surface area contributed by atoms with E-state index in [0.717, 1.165) is 16.3 Å². The minimum absolute atomic E-state index is 0.358. The molecule has 3 rings (SSSR count). The number of rotatable bonds is 7. The molecule has 1 aromatic heterocycles. The van der Waals surface area contributed by atoms with Crippen molar-refractivity contribution in [1.82, 2.24) is 14.7 Å². The molecule has 7 nitrogen and oxygen atoms in total. The smallest absolute Gasteiger partial charge is 0.135 e. The quantitative estimate of drug-likeness (QED) is 0.423. The molecule has 25 heavy (non-hydrogen) atoms. The van der Waals surface area contributed by atoms with Crippen molar-refractivity contribution in [1.29, 1.82) is 0 Å². The number of hydrogen-bond donors (Lipinski definition) is 3. The molecule has 0 saturated heterocycles. The molecule has 3 aromatic rings. The number of nitrogens with one attached hydrogen (secondary N) is 3. The number of nitrogens with zero attached hydrogens (tertiary/aromatic N) is 3. The lowest BCUT2D eigenvalue weighted by molar-refractivity contribution is 1.16. The van der Waals surface area contributed by atoms with Gasteiger partial charge in [-0.25, -0.2) is 9.97 Å². The van der Waals surface area contributed by atoms with Crippen LogP contribution in [0.1, 0.15) is 0 Å². The van der Waals surface area contributed by atoms with Gasteiger partial charge in [-0.05, 0) is 60.6 Å². The maximum atomic E-state index is 10.6. The zero-order valence-corrected chi connectivity index (χ0v) is 14.2. The molecule has 0 aliphatic rings. The molecule has 0 unspecified atom stereocenters. The third-order valence-corrected chi connectivity index (χ3v) is 3.91. The van der Waals surface area contributed by atoms with Crippen molar-refractivity contribution in [2.75, 3.05) is 17.7 Å². The van der Waals surface area contributed by atoms with Crippen LogP contribution in [0.3, 0.4) is 0 Å². The van der Waals surface area contributed by atoms with E-state index in [9.17, 15) is 4.91 Å². The van der Waals surface area contributed by atoms with Gasteiger partial charge in [-0.2, -0.15) is 0 Å². The first-order valence-electron chi connectivity index (χ1n) is 7.50. The third-order valence-electron chi connectivity index (χ3n) is 3.22. The Balaban J connectivity index is 1.75. The topological polar surface area (TPSA) is 91.3 Å². The molecule has 8 heteroatoms. The maximum absolute atomic E-state index is 10.6. The summed E-state index contributed by atoms with van der Waals surface area (Å²) in [6.45, 7) is 0.